The normalized spacial score (nSPS) is 24.3. The van der Waals surface area contributed by atoms with Crippen LogP contribution in [0.4, 0.5) is 0 Å². The molecule has 2 atom stereocenters. The monoisotopic (exact) mass is 246 g/mol. The number of hydrogen-bond acceptors (Lipinski definition) is 2. The first-order chi connectivity index (χ1) is 8.75. The van der Waals surface area contributed by atoms with E-state index in [0.717, 1.165) is 12.8 Å². The number of nitrogens with one attached hydrogen (secondary N) is 2. The molecule has 2 rings (SSSR count). The molecule has 1 aromatic rings. The van der Waals surface area contributed by atoms with Gasteiger partial charge in [0, 0.05) is 13.0 Å². The zero-order valence-electron chi connectivity index (χ0n) is 11.0. The van der Waals surface area contributed by atoms with Crippen molar-refractivity contribution in [2.24, 2.45) is 0 Å². The van der Waals surface area contributed by atoms with Gasteiger partial charge in [-0.1, -0.05) is 43.2 Å². The zero-order chi connectivity index (χ0) is 12.8. The fraction of sp³-hybridized carbons (Fsp3) is 0.533. The molecule has 1 saturated carbocycles. The van der Waals surface area contributed by atoms with Crippen molar-refractivity contribution in [3.05, 3.63) is 35.9 Å². The van der Waals surface area contributed by atoms with Crippen molar-refractivity contribution < 1.29 is 4.79 Å². The van der Waals surface area contributed by atoms with Gasteiger partial charge >= 0.3 is 0 Å². The lowest BCUT2D eigenvalue weighted by Gasteiger charge is -2.21. The number of hydrazine groups is 1. The Bertz CT molecular complexity index is 377. The van der Waals surface area contributed by atoms with Crippen LogP contribution in [0.5, 0.6) is 0 Å². The van der Waals surface area contributed by atoms with Crippen molar-refractivity contribution in [1.29, 1.82) is 0 Å². The van der Waals surface area contributed by atoms with Gasteiger partial charge < -0.3 is 0 Å². The molecule has 0 radical (unpaired) electrons. The molecule has 1 aliphatic rings. The average molecular weight is 246 g/mol. The molecule has 0 spiro atoms. The van der Waals surface area contributed by atoms with Crippen LogP contribution in [0.3, 0.4) is 0 Å². The molecule has 3 nitrogen and oxygen atoms in total. The number of benzene rings is 1. The third-order valence-corrected chi connectivity index (χ3v) is 3.65. The van der Waals surface area contributed by atoms with Gasteiger partial charge in [0.05, 0.1) is 0 Å². The van der Waals surface area contributed by atoms with E-state index < -0.39 is 0 Å². The van der Waals surface area contributed by atoms with E-state index >= 15 is 0 Å². The summed E-state index contributed by atoms with van der Waals surface area (Å²) in [6, 6.07) is 11.1. The van der Waals surface area contributed by atoms with Gasteiger partial charge in [-0.15, -0.1) is 0 Å². The molecule has 1 aliphatic carbocycles. The van der Waals surface area contributed by atoms with E-state index in [4.69, 9.17) is 0 Å². The maximum atomic E-state index is 11.0. The predicted octanol–water partition coefficient (Wildman–Crippen LogP) is 2.74. The summed E-state index contributed by atoms with van der Waals surface area (Å²) in [6.45, 7) is 1.54. The molecular formula is C15H22N2O. The Morgan fingerprint density at radius 2 is 1.89 bits per heavy atom. The summed E-state index contributed by atoms with van der Waals surface area (Å²) >= 11 is 0. The van der Waals surface area contributed by atoms with Crippen molar-refractivity contribution in [2.45, 2.75) is 51.0 Å². The minimum Gasteiger partial charge on any atom is -0.292 e. The van der Waals surface area contributed by atoms with E-state index in [1.165, 1.54) is 24.8 Å². The number of rotatable bonds is 3. The first-order valence-corrected chi connectivity index (χ1v) is 6.83. The summed E-state index contributed by atoms with van der Waals surface area (Å²) in [5, 5.41) is 0. The summed E-state index contributed by atoms with van der Waals surface area (Å²) < 4.78 is 0. The number of carbonyl (C=O) groups excluding carboxylic acids is 1. The summed E-state index contributed by atoms with van der Waals surface area (Å²) in [6.07, 6.45) is 6.01. The third-order valence-electron chi connectivity index (χ3n) is 3.65. The van der Waals surface area contributed by atoms with Gasteiger partial charge in [-0.3, -0.25) is 10.2 Å². The highest BCUT2D eigenvalue weighted by atomic mass is 16.2. The SMILES string of the molecule is CC(=O)NN[C@@H]1CCCC[C@@H](c2ccccc2)C1. The van der Waals surface area contributed by atoms with Crippen LogP contribution in [0, 0.1) is 0 Å². The van der Waals surface area contributed by atoms with Gasteiger partial charge in [-0.05, 0) is 30.7 Å². The summed E-state index contributed by atoms with van der Waals surface area (Å²) in [7, 11) is 0. The summed E-state index contributed by atoms with van der Waals surface area (Å²) in [5.41, 5.74) is 7.31. The van der Waals surface area contributed by atoms with Gasteiger partial charge in [0.2, 0.25) is 5.91 Å². The lowest BCUT2D eigenvalue weighted by molar-refractivity contribution is -0.120. The second-order valence-corrected chi connectivity index (χ2v) is 5.15. The zero-order valence-corrected chi connectivity index (χ0v) is 11.0. The maximum Gasteiger partial charge on any atom is 0.230 e. The van der Waals surface area contributed by atoms with Crippen molar-refractivity contribution in [3.63, 3.8) is 0 Å². The summed E-state index contributed by atoms with van der Waals surface area (Å²) in [4.78, 5) is 11.0. The Balaban J connectivity index is 1.97. The van der Waals surface area contributed by atoms with Crippen molar-refractivity contribution in [3.8, 4) is 0 Å². The fourth-order valence-corrected chi connectivity index (χ4v) is 2.72. The Morgan fingerprint density at radius 1 is 1.17 bits per heavy atom. The van der Waals surface area contributed by atoms with Gasteiger partial charge in [0.15, 0.2) is 0 Å². The van der Waals surface area contributed by atoms with Crippen LogP contribution >= 0.6 is 0 Å². The predicted molar refractivity (Wildman–Crippen MR) is 73.0 cm³/mol. The quantitative estimate of drug-likeness (QED) is 0.636. The van der Waals surface area contributed by atoms with Gasteiger partial charge in [0.1, 0.15) is 0 Å². The lowest BCUT2D eigenvalue weighted by atomic mass is 9.90. The molecule has 98 valence electrons. The van der Waals surface area contributed by atoms with Crippen LogP contribution in [0.25, 0.3) is 0 Å². The molecular weight excluding hydrogens is 224 g/mol. The van der Waals surface area contributed by atoms with E-state index in [1.807, 2.05) is 0 Å². The third kappa shape index (κ3) is 3.84. The number of amides is 1. The van der Waals surface area contributed by atoms with E-state index in [1.54, 1.807) is 6.92 Å². The molecule has 0 unspecified atom stereocenters. The molecule has 1 fully saturated rings. The molecule has 0 bridgehead atoms. The molecule has 0 aliphatic heterocycles. The number of carbonyl (C=O) groups is 1. The molecule has 1 aromatic carbocycles. The molecule has 0 aromatic heterocycles. The minimum absolute atomic E-state index is 0.0180. The lowest BCUT2D eigenvalue weighted by Crippen LogP contribution is -2.43. The highest BCUT2D eigenvalue weighted by Crippen LogP contribution is 2.31. The first kappa shape index (κ1) is 13.1. The van der Waals surface area contributed by atoms with Crippen molar-refractivity contribution >= 4 is 5.91 Å². The van der Waals surface area contributed by atoms with Crippen LogP contribution < -0.4 is 10.9 Å². The topological polar surface area (TPSA) is 41.1 Å². The van der Waals surface area contributed by atoms with E-state index in [0.29, 0.717) is 12.0 Å². The van der Waals surface area contributed by atoms with Crippen molar-refractivity contribution in [1.82, 2.24) is 10.9 Å². The first-order valence-electron chi connectivity index (χ1n) is 6.83. The van der Waals surface area contributed by atoms with Crippen LogP contribution in [0.1, 0.15) is 50.5 Å². The van der Waals surface area contributed by atoms with Crippen LogP contribution in [0.2, 0.25) is 0 Å². The maximum absolute atomic E-state index is 11.0. The Morgan fingerprint density at radius 3 is 2.61 bits per heavy atom. The molecule has 0 saturated heterocycles. The highest BCUT2D eigenvalue weighted by molar-refractivity contribution is 5.72. The van der Waals surface area contributed by atoms with Gasteiger partial charge in [-0.25, -0.2) is 5.43 Å². The van der Waals surface area contributed by atoms with E-state index in [2.05, 4.69) is 41.2 Å². The average Bonchev–Trinajstić information content (AvgIpc) is 2.63. The molecule has 3 heteroatoms. The smallest absolute Gasteiger partial charge is 0.230 e. The molecule has 0 heterocycles. The Labute approximate surface area is 109 Å². The van der Waals surface area contributed by atoms with Crippen LogP contribution in [-0.4, -0.2) is 11.9 Å². The van der Waals surface area contributed by atoms with E-state index in [9.17, 15) is 4.79 Å². The molecule has 18 heavy (non-hydrogen) atoms. The largest absolute Gasteiger partial charge is 0.292 e. The fourth-order valence-electron chi connectivity index (χ4n) is 2.72. The second-order valence-electron chi connectivity index (χ2n) is 5.15. The Kier molecular flexibility index (Phi) is 4.76. The Hall–Kier alpha value is -1.35. The second kappa shape index (κ2) is 6.55. The van der Waals surface area contributed by atoms with Gasteiger partial charge in [-0.2, -0.15) is 0 Å². The molecule has 1 amide bonds. The number of hydrogen-bond donors (Lipinski definition) is 2. The molecule has 2 N–H and O–H groups in total. The van der Waals surface area contributed by atoms with Crippen LogP contribution in [-0.2, 0) is 4.79 Å². The standard InChI is InChI=1S/C15H22N2O/c1-12(18)16-17-15-10-6-5-9-14(11-15)13-7-3-2-4-8-13/h2-4,7-8,14-15,17H,5-6,9-11H2,1H3,(H,16,18)/t14-,15-/m1/s1. The van der Waals surface area contributed by atoms with Gasteiger partial charge in [0.25, 0.3) is 0 Å². The van der Waals surface area contributed by atoms with Crippen molar-refractivity contribution in [2.75, 3.05) is 0 Å². The highest BCUT2D eigenvalue weighted by Gasteiger charge is 2.21. The van der Waals surface area contributed by atoms with Crippen LogP contribution in [0.15, 0.2) is 30.3 Å². The summed E-state index contributed by atoms with van der Waals surface area (Å²) in [5.74, 6) is 0.593. The van der Waals surface area contributed by atoms with E-state index in [-0.39, 0.29) is 5.91 Å². The minimum atomic E-state index is -0.0180.